The minimum Gasteiger partial charge on any atom is -0.386 e. The van der Waals surface area contributed by atoms with Crippen LogP contribution in [0.1, 0.15) is 39.0 Å². The molecule has 0 bridgehead atoms. The number of nitrogens with zero attached hydrogens (tertiary/aromatic N) is 1. The first kappa shape index (κ1) is 10.4. The van der Waals surface area contributed by atoms with Gasteiger partial charge in [0, 0.05) is 11.8 Å². The Bertz CT molecular complexity index is 178. The number of hydrogen-bond acceptors (Lipinski definition) is 3. The standard InChI is InChI=1S/C9H17NO3/c1-7(10(12)13)9(11)8-5-3-2-4-6-8/h7-9,11H,2-6H2,1H3. The quantitative estimate of drug-likeness (QED) is 0.539. The van der Waals surface area contributed by atoms with E-state index in [4.69, 9.17) is 0 Å². The minimum absolute atomic E-state index is 0.147. The van der Waals surface area contributed by atoms with Crippen molar-refractivity contribution in [3.05, 3.63) is 10.1 Å². The maximum atomic E-state index is 10.4. The van der Waals surface area contributed by atoms with Gasteiger partial charge < -0.3 is 5.11 Å². The Morgan fingerprint density at radius 2 is 1.92 bits per heavy atom. The fourth-order valence-electron chi connectivity index (χ4n) is 1.99. The Kier molecular flexibility index (Phi) is 3.66. The molecule has 0 aliphatic heterocycles. The van der Waals surface area contributed by atoms with Crippen molar-refractivity contribution in [2.75, 3.05) is 0 Å². The summed E-state index contributed by atoms with van der Waals surface area (Å²) < 4.78 is 0. The molecule has 0 aromatic heterocycles. The topological polar surface area (TPSA) is 63.4 Å². The molecular weight excluding hydrogens is 170 g/mol. The van der Waals surface area contributed by atoms with E-state index in [2.05, 4.69) is 0 Å². The van der Waals surface area contributed by atoms with Gasteiger partial charge >= 0.3 is 0 Å². The first-order valence-corrected chi connectivity index (χ1v) is 4.94. The summed E-state index contributed by atoms with van der Waals surface area (Å²) in [4.78, 5) is 10.0. The third kappa shape index (κ3) is 2.66. The minimum atomic E-state index is -0.817. The lowest BCUT2D eigenvalue weighted by Crippen LogP contribution is -2.37. The molecule has 4 nitrogen and oxygen atoms in total. The monoisotopic (exact) mass is 187 g/mol. The number of hydrogen-bond donors (Lipinski definition) is 1. The van der Waals surface area contributed by atoms with E-state index in [1.165, 1.54) is 13.3 Å². The van der Waals surface area contributed by atoms with E-state index in [1.807, 2.05) is 0 Å². The van der Waals surface area contributed by atoms with Crippen LogP contribution in [0.2, 0.25) is 0 Å². The Labute approximate surface area is 78.1 Å². The maximum absolute atomic E-state index is 10.4. The van der Waals surface area contributed by atoms with Gasteiger partial charge in [0.15, 0.2) is 0 Å². The van der Waals surface area contributed by atoms with E-state index in [0.29, 0.717) is 0 Å². The van der Waals surface area contributed by atoms with Crippen LogP contribution in [0.5, 0.6) is 0 Å². The zero-order valence-electron chi connectivity index (χ0n) is 7.98. The Balaban J connectivity index is 2.44. The fourth-order valence-corrected chi connectivity index (χ4v) is 1.99. The van der Waals surface area contributed by atoms with Crippen LogP contribution >= 0.6 is 0 Å². The highest BCUT2D eigenvalue weighted by Gasteiger charge is 2.32. The molecule has 1 N–H and O–H groups in total. The van der Waals surface area contributed by atoms with Gasteiger partial charge in [-0.1, -0.05) is 19.3 Å². The summed E-state index contributed by atoms with van der Waals surface area (Å²) in [5, 5.41) is 20.1. The smallest absolute Gasteiger partial charge is 0.236 e. The molecule has 2 atom stereocenters. The molecule has 0 aromatic carbocycles. The predicted octanol–water partition coefficient (Wildman–Crippen LogP) is 1.59. The zero-order chi connectivity index (χ0) is 9.84. The summed E-state index contributed by atoms with van der Waals surface area (Å²) in [5.41, 5.74) is 0. The number of rotatable bonds is 3. The number of aliphatic hydroxyl groups is 1. The second-order valence-corrected chi connectivity index (χ2v) is 3.91. The molecule has 76 valence electrons. The molecule has 0 amide bonds. The lowest BCUT2D eigenvalue weighted by molar-refractivity contribution is -0.532. The molecule has 1 rings (SSSR count). The average Bonchev–Trinajstić information content (AvgIpc) is 2.17. The average molecular weight is 187 g/mol. The SMILES string of the molecule is CC(C(O)C1CCCCC1)[N+](=O)[O-]. The van der Waals surface area contributed by atoms with Crippen LogP contribution in [0, 0.1) is 16.0 Å². The van der Waals surface area contributed by atoms with E-state index in [-0.39, 0.29) is 10.8 Å². The molecule has 0 aromatic rings. The number of nitro groups is 1. The van der Waals surface area contributed by atoms with Crippen molar-refractivity contribution in [1.82, 2.24) is 0 Å². The van der Waals surface area contributed by atoms with E-state index in [0.717, 1.165) is 25.7 Å². The summed E-state index contributed by atoms with van der Waals surface area (Å²) >= 11 is 0. The van der Waals surface area contributed by atoms with Gasteiger partial charge in [-0.3, -0.25) is 10.1 Å². The highest BCUT2D eigenvalue weighted by molar-refractivity contribution is 4.76. The molecule has 2 unspecified atom stereocenters. The van der Waals surface area contributed by atoms with Crippen LogP contribution in [-0.2, 0) is 0 Å². The third-order valence-electron chi connectivity index (χ3n) is 2.96. The van der Waals surface area contributed by atoms with Crippen LogP contribution in [-0.4, -0.2) is 22.2 Å². The molecular formula is C9H17NO3. The van der Waals surface area contributed by atoms with E-state index >= 15 is 0 Å². The van der Waals surface area contributed by atoms with Crippen LogP contribution in [0.4, 0.5) is 0 Å². The van der Waals surface area contributed by atoms with Gasteiger partial charge in [-0.25, -0.2) is 0 Å². The Morgan fingerprint density at radius 3 is 2.38 bits per heavy atom. The van der Waals surface area contributed by atoms with Gasteiger partial charge in [0.2, 0.25) is 6.04 Å². The van der Waals surface area contributed by atoms with Gasteiger partial charge in [0.25, 0.3) is 0 Å². The largest absolute Gasteiger partial charge is 0.386 e. The van der Waals surface area contributed by atoms with E-state index < -0.39 is 12.1 Å². The zero-order valence-corrected chi connectivity index (χ0v) is 7.98. The van der Waals surface area contributed by atoms with Crippen molar-refractivity contribution in [2.24, 2.45) is 5.92 Å². The van der Waals surface area contributed by atoms with Crippen molar-refractivity contribution in [1.29, 1.82) is 0 Å². The lowest BCUT2D eigenvalue weighted by Gasteiger charge is -2.26. The van der Waals surface area contributed by atoms with E-state index in [9.17, 15) is 15.2 Å². The second-order valence-electron chi connectivity index (χ2n) is 3.91. The highest BCUT2D eigenvalue weighted by Crippen LogP contribution is 2.28. The van der Waals surface area contributed by atoms with Crippen LogP contribution in [0.3, 0.4) is 0 Å². The normalized spacial score (nSPS) is 23.8. The van der Waals surface area contributed by atoms with Gasteiger partial charge in [0.1, 0.15) is 6.10 Å². The third-order valence-corrected chi connectivity index (χ3v) is 2.96. The molecule has 13 heavy (non-hydrogen) atoms. The Hall–Kier alpha value is -0.640. The molecule has 1 aliphatic rings. The summed E-state index contributed by atoms with van der Waals surface area (Å²) in [6.07, 6.45) is 4.54. The molecule has 1 saturated carbocycles. The number of aliphatic hydroxyl groups excluding tert-OH is 1. The molecule has 0 heterocycles. The summed E-state index contributed by atoms with van der Waals surface area (Å²) in [5.74, 6) is 0.147. The molecule has 1 aliphatic carbocycles. The molecule has 0 spiro atoms. The highest BCUT2D eigenvalue weighted by atomic mass is 16.6. The molecule has 0 radical (unpaired) electrons. The van der Waals surface area contributed by atoms with Crippen LogP contribution < -0.4 is 0 Å². The van der Waals surface area contributed by atoms with Gasteiger partial charge in [-0.05, 0) is 18.8 Å². The van der Waals surface area contributed by atoms with E-state index in [1.54, 1.807) is 0 Å². The fraction of sp³-hybridized carbons (Fsp3) is 1.00. The van der Waals surface area contributed by atoms with Crippen molar-refractivity contribution in [3.63, 3.8) is 0 Å². The van der Waals surface area contributed by atoms with Gasteiger partial charge in [0.05, 0.1) is 0 Å². The Morgan fingerprint density at radius 1 is 1.38 bits per heavy atom. The van der Waals surface area contributed by atoms with Crippen molar-refractivity contribution < 1.29 is 10.0 Å². The summed E-state index contributed by atoms with van der Waals surface area (Å²) in [6, 6.07) is -0.817. The maximum Gasteiger partial charge on any atom is 0.236 e. The molecule has 0 saturated heterocycles. The van der Waals surface area contributed by atoms with Crippen molar-refractivity contribution in [3.8, 4) is 0 Å². The van der Waals surface area contributed by atoms with Crippen molar-refractivity contribution in [2.45, 2.75) is 51.2 Å². The van der Waals surface area contributed by atoms with Crippen LogP contribution in [0.25, 0.3) is 0 Å². The first-order valence-electron chi connectivity index (χ1n) is 4.94. The summed E-state index contributed by atoms with van der Waals surface area (Å²) in [7, 11) is 0. The van der Waals surface area contributed by atoms with Crippen molar-refractivity contribution >= 4 is 0 Å². The van der Waals surface area contributed by atoms with Gasteiger partial charge in [-0.15, -0.1) is 0 Å². The van der Waals surface area contributed by atoms with Crippen LogP contribution in [0.15, 0.2) is 0 Å². The van der Waals surface area contributed by atoms with Gasteiger partial charge in [-0.2, -0.15) is 0 Å². The second kappa shape index (κ2) is 4.56. The summed E-state index contributed by atoms with van der Waals surface area (Å²) in [6.45, 7) is 1.49. The predicted molar refractivity (Wildman–Crippen MR) is 49.0 cm³/mol. The molecule has 4 heteroatoms. The molecule has 1 fully saturated rings. The lowest BCUT2D eigenvalue weighted by atomic mass is 9.83. The first-order chi connectivity index (χ1) is 6.13.